The molecule has 0 aliphatic carbocycles. The molecule has 0 fully saturated rings. The maximum atomic E-state index is 5.45. The number of hydrogen-bond donors (Lipinski definition) is 0. The van der Waals surface area contributed by atoms with Gasteiger partial charge in [0.05, 0.1) is 37.8 Å². The topological polar surface area (TPSA) is 35.1 Å². The SMILES string of the molecule is c1ccc(-c2nc(-n3c4ccccc4c4c5c6ccc7ccccc7c6n6c7ccccc7c(cc43)c56)c3sc4ccccc4c3n2)cc1. The molecule has 0 saturated heterocycles. The summed E-state index contributed by atoms with van der Waals surface area (Å²) >= 11 is 1.78. The van der Waals surface area contributed by atoms with E-state index >= 15 is 0 Å². The van der Waals surface area contributed by atoms with Gasteiger partial charge in [-0.3, -0.25) is 4.57 Å². The largest absolute Gasteiger partial charge is 0.307 e. The molecule has 5 heteroatoms. The summed E-state index contributed by atoms with van der Waals surface area (Å²) in [7, 11) is 0. The van der Waals surface area contributed by atoms with Gasteiger partial charge in [0.2, 0.25) is 0 Å². The Balaban J connectivity index is 1.35. The Hall–Kier alpha value is -6.30. The zero-order valence-corrected chi connectivity index (χ0v) is 26.9. The number of aromatic nitrogens is 4. The van der Waals surface area contributed by atoms with Crippen LogP contribution in [0, 0.1) is 0 Å². The van der Waals surface area contributed by atoms with Gasteiger partial charge in [-0.05, 0) is 29.7 Å². The highest BCUT2D eigenvalue weighted by atomic mass is 32.1. The summed E-state index contributed by atoms with van der Waals surface area (Å²) in [6.45, 7) is 0. The van der Waals surface area contributed by atoms with Crippen LogP contribution >= 0.6 is 11.3 Å². The molecule has 7 aromatic carbocycles. The van der Waals surface area contributed by atoms with Crippen LogP contribution in [0.25, 0.3) is 108 Å². The monoisotopic (exact) mass is 640 g/mol. The van der Waals surface area contributed by atoms with Crippen LogP contribution in [-0.2, 0) is 0 Å². The number of rotatable bonds is 2. The first-order chi connectivity index (χ1) is 24.3. The summed E-state index contributed by atoms with van der Waals surface area (Å²) in [6, 6.07) is 52.5. The van der Waals surface area contributed by atoms with E-state index in [0.29, 0.717) is 0 Å². The molecule has 5 heterocycles. The minimum Gasteiger partial charge on any atom is -0.307 e. The molecule has 12 aromatic rings. The van der Waals surface area contributed by atoms with Crippen molar-refractivity contribution < 1.29 is 0 Å². The Kier molecular flexibility index (Phi) is 4.83. The third-order valence-corrected chi connectivity index (χ3v) is 11.6. The Morgan fingerprint density at radius 3 is 2.06 bits per heavy atom. The second-order valence-electron chi connectivity index (χ2n) is 12.9. The lowest BCUT2D eigenvalue weighted by Gasteiger charge is -2.11. The average Bonchev–Trinajstić information content (AvgIpc) is 3.90. The number of nitrogens with zero attached hydrogens (tertiary/aromatic N) is 4. The summed E-state index contributed by atoms with van der Waals surface area (Å²) in [4.78, 5) is 10.7. The van der Waals surface area contributed by atoms with Crippen molar-refractivity contribution >= 4 is 102 Å². The van der Waals surface area contributed by atoms with Gasteiger partial charge in [0, 0.05) is 53.4 Å². The van der Waals surface area contributed by atoms with Gasteiger partial charge in [0.1, 0.15) is 0 Å². The van der Waals surface area contributed by atoms with Crippen molar-refractivity contribution in [3.8, 4) is 17.2 Å². The third-order valence-electron chi connectivity index (χ3n) is 10.4. The molecule has 49 heavy (non-hydrogen) atoms. The van der Waals surface area contributed by atoms with Crippen LogP contribution in [0.1, 0.15) is 0 Å². The van der Waals surface area contributed by atoms with Crippen LogP contribution in [0.2, 0.25) is 0 Å². The van der Waals surface area contributed by atoms with Crippen LogP contribution in [-0.4, -0.2) is 18.9 Å². The Bertz CT molecular complexity index is 3330. The molecule has 0 aliphatic rings. The van der Waals surface area contributed by atoms with Gasteiger partial charge in [-0.1, -0.05) is 121 Å². The van der Waals surface area contributed by atoms with E-state index in [1.165, 1.54) is 64.3 Å². The zero-order valence-electron chi connectivity index (χ0n) is 26.1. The van der Waals surface area contributed by atoms with Crippen molar-refractivity contribution in [3.05, 3.63) is 146 Å². The summed E-state index contributed by atoms with van der Waals surface area (Å²) in [5.74, 6) is 1.65. The zero-order chi connectivity index (χ0) is 31.8. The van der Waals surface area contributed by atoms with Crippen molar-refractivity contribution in [2.24, 2.45) is 0 Å². The molecule has 12 rings (SSSR count). The molecule has 0 amide bonds. The molecule has 0 unspecified atom stereocenters. The maximum Gasteiger partial charge on any atom is 0.162 e. The molecular formula is C44H24N4S. The summed E-state index contributed by atoms with van der Waals surface area (Å²) in [5, 5.41) is 11.3. The Morgan fingerprint density at radius 1 is 0.469 bits per heavy atom. The quantitative estimate of drug-likeness (QED) is 0.188. The smallest absolute Gasteiger partial charge is 0.162 e. The summed E-state index contributed by atoms with van der Waals surface area (Å²) in [6.07, 6.45) is 0. The fourth-order valence-corrected chi connectivity index (χ4v) is 9.56. The summed E-state index contributed by atoms with van der Waals surface area (Å²) < 4.78 is 7.24. The molecule has 0 saturated carbocycles. The molecule has 0 bridgehead atoms. The van der Waals surface area contributed by atoms with Gasteiger partial charge in [-0.2, -0.15) is 0 Å². The van der Waals surface area contributed by atoms with Gasteiger partial charge in [0.25, 0.3) is 0 Å². The predicted octanol–water partition coefficient (Wildman–Crippen LogP) is 11.9. The molecule has 0 N–H and O–H groups in total. The first-order valence-corrected chi connectivity index (χ1v) is 17.4. The molecule has 4 nitrogen and oxygen atoms in total. The van der Waals surface area contributed by atoms with E-state index in [9.17, 15) is 0 Å². The van der Waals surface area contributed by atoms with E-state index in [-0.39, 0.29) is 0 Å². The number of hydrogen-bond acceptors (Lipinski definition) is 3. The van der Waals surface area contributed by atoms with Crippen LogP contribution in [0.15, 0.2) is 146 Å². The highest BCUT2D eigenvalue weighted by Gasteiger charge is 2.26. The summed E-state index contributed by atoms with van der Waals surface area (Å²) in [5.41, 5.74) is 8.08. The first kappa shape index (κ1) is 25.7. The number of thiophene rings is 1. The van der Waals surface area contributed by atoms with Gasteiger partial charge in [-0.15, -0.1) is 11.3 Å². The van der Waals surface area contributed by atoms with Gasteiger partial charge in [0.15, 0.2) is 11.6 Å². The Morgan fingerprint density at radius 2 is 1.18 bits per heavy atom. The van der Waals surface area contributed by atoms with Gasteiger partial charge < -0.3 is 4.40 Å². The Labute approximate surface area is 283 Å². The fraction of sp³-hybridized carbons (Fsp3) is 0. The van der Waals surface area contributed by atoms with Crippen molar-refractivity contribution in [3.63, 3.8) is 0 Å². The second kappa shape index (κ2) is 9.19. The fourth-order valence-electron chi connectivity index (χ4n) is 8.44. The molecule has 0 aliphatic heterocycles. The van der Waals surface area contributed by atoms with E-state index in [1.54, 1.807) is 11.3 Å². The number of fused-ring (bicyclic) bond motifs is 15. The van der Waals surface area contributed by atoms with Gasteiger partial charge >= 0.3 is 0 Å². The first-order valence-electron chi connectivity index (χ1n) is 16.6. The lowest BCUT2D eigenvalue weighted by Crippen LogP contribution is -2.01. The van der Waals surface area contributed by atoms with Crippen molar-refractivity contribution in [2.75, 3.05) is 0 Å². The van der Waals surface area contributed by atoms with E-state index in [4.69, 9.17) is 9.97 Å². The highest BCUT2D eigenvalue weighted by Crippen LogP contribution is 2.48. The van der Waals surface area contributed by atoms with Crippen LogP contribution in [0.5, 0.6) is 0 Å². The third kappa shape index (κ3) is 3.23. The molecule has 0 radical (unpaired) electrons. The minimum absolute atomic E-state index is 0.733. The van der Waals surface area contributed by atoms with E-state index in [2.05, 4.69) is 148 Å². The van der Waals surface area contributed by atoms with E-state index < -0.39 is 0 Å². The average molecular weight is 641 g/mol. The van der Waals surface area contributed by atoms with Crippen molar-refractivity contribution in [2.45, 2.75) is 0 Å². The molecule has 226 valence electrons. The van der Waals surface area contributed by atoms with Crippen molar-refractivity contribution in [1.29, 1.82) is 0 Å². The van der Waals surface area contributed by atoms with E-state index in [0.717, 1.165) is 43.8 Å². The lowest BCUT2D eigenvalue weighted by atomic mass is 10.00. The molecule has 0 spiro atoms. The molecule has 5 aromatic heterocycles. The van der Waals surface area contributed by atoms with Crippen LogP contribution < -0.4 is 0 Å². The van der Waals surface area contributed by atoms with E-state index in [1.807, 2.05) is 6.07 Å². The van der Waals surface area contributed by atoms with Gasteiger partial charge in [-0.25, -0.2) is 9.97 Å². The van der Waals surface area contributed by atoms with Crippen LogP contribution in [0.3, 0.4) is 0 Å². The minimum atomic E-state index is 0.733. The number of para-hydroxylation sites is 2. The number of benzene rings is 7. The maximum absolute atomic E-state index is 5.45. The van der Waals surface area contributed by atoms with Crippen molar-refractivity contribution in [1.82, 2.24) is 18.9 Å². The highest BCUT2D eigenvalue weighted by molar-refractivity contribution is 7.26. The molecular weight excluding hydrogens is 617 g/mol. The van der Waals surface area contributed by atoms with Crippen LogP contribution in [0.4, 0.5) is 0 Å². The predicted molar refractivity (Wildman–Crippen MR) is 207 cm³/mol. The molecule has 0 atom stereocenters. The second-order valence-corrected chi connectivity index (χ2v) is 14.0. The standard InChI is InChI=1S/C44H24N4S/c1-2-13-26(14-3-1)43-45-39-30-18-8-11-21-36(30)49-42(39)44(46-43)47-34-20-10-7-17-29(34)37-35(47)24-32-28-16-6-9-19-33(28)48-40-27-15-5-4-12-25(27)22-23-31(40)38(37)41(32)48/h1-24H. The lowest BCUT2D eigenvalue weighted by molar-refractivity contribution is 1.08. The normalized spacial score (nSPS) is 12.5.